The predicted octanol–water partition coefficient (Wildman–Crippen LogP) is 1.81. The summed E-state index contributed by atoms with van der Waals surface area (Å²) in [5, 5.41) is 2.93. The van der Waals surface area contributed by atoms with Gasteiger partial charge in [0.25, 0.3) is 5.91 Å². The van der Waals surface area contributed by atoms with Gasteiger partial charge >= 0.3 is 0 Å². The van der Waals surface area contributed by atoms with E-state index >= 15 is 0 Å². The molecule has 1 amide bonds. The van der Waals surface area contributed by atoms with Crippen molar-refractivity contribution in [2.75, 3.05) is 13.7 Å². The fourth-order valence-corrected chi connectivity index (χ4v) is 6.05. The number of hydrogen-bond donors (Lipinski definition) is 1. The zero-order chi connectivity index (χ0) is 19.9. The van der Waals surface area contributed by atoms with Crippen molar-refractivity contribution in [1.29, 1.82) is 0 Å². The second-order valence-electron chi connectivity index (χ2n) is 7.10. The number of methoxy groups -OCH3 is 1. The van der Waals surface area contributed by atoms with E-state index in [2.05, 4.69) is 10.3 Å². The summed E-state index contributed by atoms with van der Waals surface area (Å²) < 4.78 is 46.6. The highest BCUT2D eigenvalue weighted by Crippen LogP contribution is 2.42. The quantitative estimate of drug-likeness (QED) is 0.820. The van der Waals surface area contributed by atoms with Crippen LogP contribution < -0.4 is 10.1 Å². The third-order valence-corrected chi connectivity index (χ3v) is 7.30. The van der Waals surface area contributed by atoms with E-state index in [-0.39, 0.29) is 34.6 Å². The van der Waals surface area contributed by atoms with Crippen LogP contribution in [-0.2, 0) is 10.0 Å². The number of nitrogens with one attached hydrogen (secondary N) is 1. The van der Waals surface area contributed by atoms with Gasteiger partial charge in [0.2, 0.25) is 10.0 Å². The Hall–Kier alpha value is -2.52. The monoisotopic (exact) mass is 405 g/mol. The highest BCUT2D eigenvalue weighted by Gasteiger charge is 2.50. The third kappa shape index (κ3) is 3.24. The summed E-state index contributed by atoms with van der Waals surface area (Å²) in [7, 11) is -2.62. The molecule has 7 nitrogen and oxygen atoms in total. The van der Waals surface area contributed by atoms with Gasteiger partial charge in [-0.3, -0.25) is 9.78 Å². The van der Waals surface area contributed by atoms with Crippen LogP contribution in [0.15, 0.2) is 47.6 Å². The van der Waals surface area contributed by atoms with Crippen LogP contribution in [0.4, 0.5) is 4.39 Å². The highest BCUT2D eigenvalue weighted by molar-refractivity contribution is 7.89. The van der Waals surface area contributed by atoms with E-state index in [1.807, 2.05) is 0 Å². The number of pyridine rings is 1. The molecule has 1 aliphatic carbocycles. The summed E-state index contributed by atoms with van der Waals surface area (Å²) in [4.78, 5) is 16.2. The lowest BCUT2D eigenvalue weighted by Gasteiger charge is -2.33. The standard InChI is InChI=1S/C19H20FN3O4S/c1-27-17-5-4-14(20)9-18(17)28(25,26)23-11-12-7-15(16(23)8-12)22-19(24)13-3-2-6-21-10-13/h2-6,9-10,12,15-16H,7-8,11H2,1H3,(H,22,24)/t12-,15+,16-/m1/s1. The average Bonchev–Trinajstić information content (AvgIpc) is 3.29. The molecule has 2 aromatic rings. The molecule has 1 saturated carbocycles. The summed E-state index contributed by atoms with van der Waals surface area (Å²) in [6.45, 7) is 0.353. The van der Waals surface area contributed by atoms with Crippen LogP contribution >= 0.6 is 0 Å². The number of sulfonamides is 1. The van der Waals surface area contributed by atoms with Crippen LogP contribution in [0.25, 0.3) is 0 Å². The molecule has 1 aromatic heterocycles. The van der Waals surface area contributed by atoms with Gasteiger partial charge in [0.1, 0.15) is 16.5 Å². The van der Waals surface area contributed by atoms with Crippen LogP contribution in [-0.4, -0.2) is 49.4 Å². The van der Waals surface area contributed by atoms with Crippen molar-refractivity contribution in [3.05, 3.63) is 54.1 Å². The molecule has 28 heavy (non-hydrogen) atoms. The molecule has 2 heterocycles. The van der Waals surface area contributed by atoms with Crippen molar-refractivity contribution in [1.82, 2.24) is 14.6 Å². The molecule has 1 N–H and O–H groups in total. The van der Waals surface area contributed by atoms with Crippen LogP contribution in [0.2, 0.25) is 0 Å². The Bertz CT molecular complexity index is 999. The Balaban J connectivity index is 1.58. The smallest absolute Gasteiger partial charge is 0.253 e. The number of benzene rings is 1. The molecular formula is C19H20FN3O4S. The first-order valence-electron chi connectivity index (χ1n) is 8.96. The maximum Gasteiger partial charge on any atom is 0.253 e. The zero-order valence-electron chi connectivity index (χ0n) is 15.2. The third-order valence-electron chi connectivity index (χ3n) is 5.39. The van der Waals surface area contributed by atoms with Crippen molar-refractivity contribution >= 4 is 15.9 Å². The maximum atomic E-state index is 13.7. The van der Waals surface area contributed by atoms with Crippen LogP contribution in [0.5, 0.6) is 5.75 Å². The van der Waals surface area contributed by atoms with Crippen molar-refractivity contribution < 1.29 is 22.3 Å². The SMILES string of the molecule is COc1ccc(F)cc1S(=O)(=O)N1C[C@@H]2C[C@H](NC(=O)c3cccnc3)[C@H]1C2. The topological polar surface area (TPSA) is 88.6 Å². The number of aromatic nitrogens is 1. The lowest BCUT2D eigenvalue weighted by atomic mass is 10.1. The lowest BCUT2D eigenvalue weighted by Crippen LogP contribution is -2.51. The molecule has 2 aliphatic rings. The Morgan fingerprint density at radius 1 is 1.32 bits per heavy atom. The first kappa shape index (κ1) is 18.8. The molecule has 148 valence electrons. The predicted molar refractivity (Wildman–Crippen MR) is 98.8 cm³/mol. The number of fused-ring (bicyclic) bond motifs is 2. The number of nitrogens with zero attached hydrogens (tertiary/aromatic N) is 2. The van der Waals surface area contributed by atoms with E-state index in [0.717, 1.165) is 12.1 Å². The van der Waals surface area contributed by atoms with Gasteiger partial charge in [-0.25, -0.2) is 12.8 Å². The van der Waals surface area contributed by atoms with Gasteiger partial charge in [-0.2, -0.15) is 4.31 Å². The van der Waals surface area contributed by atoms with Crippen LogP contribution in [0, 0.1) is 11.7 Å². The summed E-state index contributed by atoms with van der Waals surface area (Å²) in [5.41, 5.74) is 0.423. The van der Waals surface area contributed by atoms with E-state index in [4.69, 9.17) is 4.74 Å². The van der Waals surface area contributed by atoms with Crippen molar-refractivity contribution in [2.45, 2.75) is 29.8 Å². The van der Waals surface area contributed by atoms with Crippen LogP contribution in [0.3, 0.4) is 0 Å². The first-order chi connectivity index (χ1) is 13.4. The van der Waals surface area contributed by atoms with Gasteiger partial charge in [-0.05, 0) is 49.1 Å². The largest absolute Gasteiger partial charge is 0.495 e. The van der Waals surface area contributed by atoms with Gasteiger partial charge < -0.3 is 10.1 Å². The number of carbonyl (C=O) groups is 1. The Labute approximate surface area is 162 Å². The normalized spacial score (nSPS) is 24.3. The van der Waals surface area contributed by atoms with Crippen molar-refractivity contribution in [3.63, 3.8) is 0 Å². The van der Waals surface area contributed by atoms with Gasteiger partial charge in [-0.15, -0.1) is 0 Å². The first-order valence-corrected chi connectivity index (χ1v) is 10.4. The summed E-state index contributed by atoms with van der Waals surface area (Å²) in [5.74, 6) is -0.685. The van der Waals surface area contributed by atoms with E-state index in [1.165, 1.54) is 23.7 Å². The number of carbonyl (C=O) groups excluding carboxylic acids is 1. The molecule has 1 aromatic carbocycles. The molecule has 2 bridgehead atoms. The summed E-state index contributed by atoms with van der Waals surface area (Å²) in [6.07, 6.45) is 4.42. The Morgan fingerprint density at radius 2 is 2.14 bits per heavy atom. The molecule has 0 unspecified atom stereocenters. The summed E-state index contributed by atoms with van der Waals surface area (Å²) >= 11 is 0. The molecule has 4 rings (SSSR count). The maximum absolute atomic E-state index is 13.7. The molecule has 0 spiro atoms. The van der Waals surface area contributed by atoms with E-state index < -0.39 is 15.8 Å². The molecule has 0 radical (unpaired) electrons. The Morgan fingerprint density at radius 3 is 2.82 bits per heavy atom. The lowest BCUT2D eigenvalue weighted by molar-refractivity contribution is 0.0916. The van der Waals surface area contributed by atoms with Crippen molar-refractivity contribution in [2.24, 2.45) is 5.92 Å². The number of ether oxygens (including phenoxy) is 1. The molecule has 3 atom stereocenters. The minimum absolute atomic E-state index is 0.0973. The molecule has 1 aliphatic heterocycles. The fraction of sp³-hybridized carbons (Fsp3) is 0.368. The molecule has 2 fully saturated rings. The number of amides is 1. The number of rotatable bonds is 5. The van der Waals surface area contributed by atoms with E-state index in [0.29, 0.717) is 24.9 Å². The average molecular weight is 405 g/mol. The van der Waals surface area contributed by atoms with Crippen molar-refractivity contribution in [3.8, 4) is 5.75 Å². The number of halogens is 1. The van der Waals surface area contributed by atoms with Gasteiger partial charge in [0.15, 0.2) is 0 Å². The minimum atomic E-state index is -3.96. The van der Waals surface area contributed by atoms with E-state index in [9.17, 15) is 17.6 Å². The number of hydrogen-bond acceptors (Lipinski definition) is 5. The fourth-order valence-electron chi connectivity index (χ4n) is 4.13. The van der Waals surface area contributed by atoms with Crippen LogP contribution in [0.1, 0.15) is 23.2 Å². The zero-order valence-corrected chi connectivity index (χ0v) is 16.0. The summed E-state index contributed by atoms with van der Waals surface area (Å²) in [6, 6.07) is 6.08. The van der Waals surface area contributed by atoms with E-state index in [1.54, 1.807) is 18.3 Å². The second-order valence-corrected chi connectivity index (χ2v) is 8.96. The highest BCUT2D eigenvalue weighted by atomic mass is 32.2. The van der Waals surface area contributed by atoms with Gasteiger partial charge in [0, 0.05) is 31.0 Å². The Kier molecular flexibility index (Phi) is 4.80. The molecular weight excluding hydrogens is 385 g/mol. The number of piperidine rings is 1. The second kappa shape index (κ2) is 7.14. The molecule has 9 heteroatoms. The molecule has 1 saturated heterocycles. The minimum Gasteiger partial charge on any atom is -0.495 e. The van der Waals surface area contributed by atoms with Gasteiger partial charge in [0.05, 0.1) is 12.7 Å². The van der Waals surface area contributed by atoms with Gasteiger partial charge in [-0.1, -0.05) is 0 Å².